The van der Waals surface area contributed by atoms with Gasteiger partial charge >= 0.3 is 0 Å². The maximum atomic E-state index is 2.34. The normalized spacial score (nSPS) is 11.9. The summed E-state index contributed by atoms with van der Waals surface area (Å²) >= 11 is 0. The van der Waals surface area contributed by atoms with Crippen molar-refractivity contribution in [2.24, 2.45) is 0 Å². The van der Waals surface area contributed by atoms with Gasteiger partial charge in [0.05, 0.1) is 0 Å². The Balaban J connectivity index is 0.00000162. The summed E-state index contributed by atoms with van der Waals surface area (Å²) < 4.78 is 2.34. The third-order valence-electron chi connectivity index (χ3n) is 2.71. The van der Waals surface area contributed by atoms with Crippen LogP contribution in [-0.4, -0.2) is 18.8 Å². The van der Waals surface area contributed by atoms with Crippen LogP contribution in [0.3, 0.4) is 0 Å². The number of halogens is 1. The van der Waals surface area contributed by atoms with Crippen molar-refractivity contribution < 1.29 is 0 Å². The molecule has 1 atom stereocenters. The molecule has 0 aliphatic carbocycles. The molecule has 0 saturated carbocycles. The number of benzene rings is 2. The first-order valence-corrected chi connectivity index (χ1v) is 7.29. The summed E-state index contributed by atoms with van der Waals surface area (Å²) in [7, 11) is 4.08. The zero-order chi connectivity index (χ0) is 12.1. The minimum atomic E-state index is -0.258. The fourth-order valence-corrected chi connectivity index (χ4v) is 3.82. The molecule has 96 valence electrons. The third-order valence-corrected chi connectivity index (χ3v) is 5.24. The molecular weight excluding hydrogens is 261 g/mol. The van der Waals surface area contributed by atoms with Crippen molar-refractivity contribution in [3.05, 3.63) is 66.2 Å². The van der Waals surface area contributed by atoms with E-state index < -0.39 is 0 Å². The lowest BCUT2D eigenvalue weighted by Gasteiger charge is -2.25. The Morgan fingerprint density at radius 1 is 0.833 bits per heavy atom. The fourth-order valence-electron chi connectivity index (χ4n) is 1.82. The van der Waals surface area contributed by atoms with E-state index >= 15 is 0 Å². The van der Waals surface area contributed by atoms with Gasteiger partial charge in [0, 0.05) is 6.16 Å². The van der Waals surface area contributed by atoms with E-state index in [2.05, 4.69) is 79.4 Å². The van der Waals surface area contributed by atoms with Crippen LogP contribution in [0.15, 0.2) is 60.7 Å². The second kappa shape index (κ2) is 7.53. The Labute approximate surface area is 117 Å². The van der Waals surface area contributed by atoms with Crippen LogP contribution >= 0.6 is 20.5 Å². The van der Waals surface area contributed by atoms with Gasteiger partial charge in [-0.15, -0.1) is 12.4 Å². The lowest BCUT2D eigenvalue weighted by Crippen LogP contribution is -2.15. The second-order valence-corrected chi connectivity index (χ2v) is 6.66. The Morgan fingerprint density at radius 2 is 1.33 bits per heavy atom. The maximum absolute atomic E-state index is 2.34. The molecule has 2 aromatic rings. The molecule has 0 spiro atoms. The third kappa shape index (κ3) is 4.10. The smallest absolute Gasteiger partial charge is 0.0101 e. The van der Waals surface area contributed by atoms with Crippen LogP contribution in [-0.2, 0) is 6.16 Å². The zero-order valence-corrected chi connectivity index (χ0v) is 12.5. The molecule has 1 nitrogen and oxygen atoms in total. The predicted octanol–water partition coefficient (Wildman–Crippen LogP) is 3.89. The molecule has 0 bridgehead atoms. The van der Waals surface area contributed by atoms with Crippen LogP contribution in [0.5, 0.6) is 0 Å². The van der Waals surface area contributed by atoms with E-state index in [0.29, 0.717) is 0 Å². The Kier molecular flexibility index (Phi) is 6.35. The van der Waals surface area contributed by atoms with Crippen LogP contribution in [0.2, 0.25) is 0 Å². The molecule has 0 aromatic heterocycles. The Morgan fingerprint density at radius 3 is 1.83 bits per heavy atom. The first kappa shape index (κ1) is 15.2. The van der Waals surface area contributed by atoms with E-state index in [1.807, 2.05) is 0 Å². The summed E-state index contributed by atoms with van der Waals surface area (Å²) in [6.45, 7) is 0. The minimum absolute atomic E-state index is 0. The lowest BCUT2D eigenvalue weighted by atomic mass is 10.2. The van der Waals surface area contributed by atoms with Gasteiger partial charge in [-0.1, -0.05) is 60.7 Å². The summed E-state index contributed by atoms with van der Waals surface area (Å²) in [5, 5.41) is 1.44. The monoisotopic (exact) mass is 279 g/mol. The van der Waals surface area contributed by atoms with E-state index in [9.17, 15) is 0 Å². The van der Waals surface area contributed by atoms with Gasteiger partial charge in [-0.25, -0.2) is 0 Å². The molecule has 0 aliphatic rings. The maximum Gasteiger partial charge on any atom is 0.0101 e. The molecule has 1 unspecified atom stereocenters. The molecule has 0 aliphatic heterocycles. The van der Waals surface area contributed by atoms with Crippen molar-refractivity contribution in [1.29, 1.82) is 0 Å². The molecule has 18 heavy (non-hydrogen) atoms. The minimum Gasteiger partial charge on any atom is -0.284 e. The van der Waals surface area contributed by atoms with Gasteiger partial charge in [0.15, 0.2) is 0 Å². The highest BCUT2D eigenvalue weighted by atomic mass is 35.5. The van der Waals surface area contributed by atoms with Crippen molar-refractivity contribution >= 4 is 25.8 Å². The van der Waals surface area contributed by atoms with E-state index in [-0.39, 0.29) is 20.5 Å². The first-order chi connectivity index (χ1) is 8.27. The van der Waals surface area contributed by atoms with Gasteiger partial charge < -0.3 is 0 Å². The van der Waals surface area contributed by atoms with E-state index in [4.69, 9.17) is 0 Å². The fraction of sp³-hybridized carbons (Fsp3) is 0.200. The van der Waals surface area contributed by atoms with Crippen molar-refractivity contribution in [3.8, 4) is 0 Å². The van der Waals surface area contributed by atoms with Gasteiger partial charge in [-0.3, -0.25) is 4.67 Å². The zero-order valence-electron chi connectivity index (χ0n) is 10.8. The van der Waals surface area contributed by atoms with Crippen LogP contribution < -0.4 is 5.30 Å². The number of hydrogen-bond donors (Lipinski definition) is 0. The Hall–Kier alpha value is -0.880. The van der Waals surface area contributed by atoms with Crippen molar-refractivity contribution in [1.82, 2.24) is 4.67 Å². The van der Waals surface area contributed by atoms with E-state index in [0.717, 1.165) is 6.16 Å². The van der Waals surface area contributed by atoms with Gasteiger partial charge in [0.2, 0.25) is 0 Å². The summed E-state index contributed by atoms with van der Waals surface area (Å²) in [6.07, 6.45) is 1.12. The van der Waals surface area contributed by atoms with Gasteiger partial charge in [0.25, 0.3) is 0 Å². The molecule has 0 heterocycles. The quantitative estimate of drug-likeness (QED) is 0.768. The largest absolute Gasteiger partial charge is 0.284 e. The number of hydrogen-bond acceptors (Lipinski definition) is 1. The second-order valence-electron chi connectivity index (χ2n) is 4.23. The molecule has 2 aromatic carbocycles. The van der Waals surface area contributed by atoms with Crippen LogP contribution in [0.1, 0.15) is 5.56 Å². The van der Waals surface area contributed by atoms with Gasteiger partial charge in [-0.05, 0) is 33.0 Å². The highest BCUT2D eigenvalue weighted by molar-refractivity contribution is 7.62. The lowest BCUT2D eigenvalue weighted by molar-refractivity contribution is 0.681. The summed E-state index contributed by atoms with van der Waals surface area (Å²) in [6, 6.07) is 21.5. The van der Waals surface area contributed by atoms with Crippen molar-refractivity contribution in [2.75, 3.05) is 14.1 Å². The Bertz CT molecular complexity index is 445. The van der Waals surface area contributed by atoms with Gasteiger partial charge in [-0.2, -0.15) is 0 Å². The number of rotatable bonds is 4. The molecule has 2 rings (SSSR count). The molecule has 0 fully saturated rings. The van der Waals surface area contributed by atoms with Crippen LogP contribution in [0, 0.1) is 0 Å². The van der Waals surface area contributed by atoms with E-state index in [1.165, 1.54) is 10.9 Å². The molecule has 0 radical (unpaired) electrons. The van der Waals surface area contributed by atoms with Crippen LogP contribution in [0.25, 0.3) is 0 Å². The average molecular weight is 280 g/mol. The van der Waals surface area contributed by atoms with E-state index in [1.54, 1.807) is 0 Å². The highest BCUT2D eigenvalue weighted by Gasteiger charge is 2.13. The summed E-state index contributed by atoms with van der Waals surface area (Å²) in [5.74, 6) is 0. The standard InChI is InChI=1S/C15H18NP.ClH/c1-16(2)17(15-11-7-4-8-12-15)13-14-9-5-3-6-10-14;/h3-12H,13H2,1-2H3;1H. The molecular formula is C15H19ClNP. The first-order valence-electron chi connectivity index (χ1n) is 5.81. The molecule has 0 saturated heterocycles. The number of nitrogens with zero attached hydrogens (tertiary/aromatic N) is 1. The molecule has 0 amide bonds. The molecule has 0 N–H and O–H groups in total. The topological polar surface area (TPSA) is 3.24 Å². The average Bonchev–Trinajstić information content (AvgIpc) is 2.38. The SMILES string of the molecule is CN(C)P(Cc1ccccc1)c1ccccc1.Cl. The summed E-state index contributed by atoms with van der Waals surface area (Å²) in [4.78, 5) is 0. The highest BCUT2D eigenvalue weighted by Crippen LogP contribution is 2.40. The predicted molar refractivity (Wildman–Crippen MR) is 84.1 cm³/mol. The van der Waals surface area contributed by atoms with Crippen molar-refractivity contribution in [3.63, 3.8) is 0 Å². The van der Waals surface area contributed by atoms with Gasteiger partial charge in [0.1, 0.15) is 0 Å². The van der Waals surface area contributed by atoms with Crippen molar-refractivity contribution in [2.45, 2.75) is 6.16 Å². The summed E-state index contributed by atoms with van der Waals surface area (Å²) in [5.41, 5.74) is 1.41. The van der Waals surface area contributed by atoms with Crippen LogP contribution in [0.4, 0.5) is 0 Å². The molecule has 3 heteroatoms.